The molecule has 27 heavy (non-hydrogen) atoms. The van der Waals surface area contributed by atoms with Crippen molar-refractivity contribution < 1.29 is 14.3 Å². The number of hydrogen-bond donors (Lipinski definition) is 1. The molecule has 0 saturated heterocycles. The van der Waals surface area contributed by atoms with Gasteiger partial charge in [-0.05, 0) is 55.8 Å². The van der Waals surface area contributed by atoms with Crippen LogP contribution in [0.1, 0.15) is 32.0 Å². The van der Waals surface area contributed by atoms with E-state index in [4.69, 9.17) is 16.3 Å². The third kappa shape index (κ3) is 3.85. The van der Waals surface area contributed by atoms with Crippen LogP contribution in [0.3, 0.4) is 0 Å². The number of ether oxygens (including phenoxy) is 1. The number of anilines is 1. The number of aromatic nitrogens is 2. The number of aryl methyl sites for hydroxylation is 1. The summed E-state index contributed by atoms with van der Waals surface area (Å²) in [4.78, 5) is 24.4. The van der Waals surface area contributed by atoms with Crippen LogP contribution in [0.5, 0.6) is 0 Å². The smallest absolute Gasteiger partial charge is 0.337 e. The number of esters is 1. The lowest BCUT2D eigenvalue weighted by Crippen LogP contribution is -2.14. The van der Waals surface area contributed by atoms with Gasteiger partial charge < -0.3 is 10.1 Å². The normalized spacial score (nSPS) is 10.5. The fourth-order valence-corrected chi connectivity index (χ4v) is 2.79. The van der Waals surface area contributed by atoms with Gasteiger partial charge >= 0.3 is 5.97 Å². The van der Waals surface area contributed by atoms with Crippen molar-refractivity contribution in [2.45, 2.75) is 13.8 Å². The van der Waals surface area contributed by atoms with Crippen molar-refractivity contribution in [3.05, 3.63) is 76.1 Å². The number of benzene rings is 2. The number of halogens is 1. The van der Waals surface area contributed by atoms with Gasteiger partial charge in [0.25, 0.3) is 5.91 Å². The molecule has 3 aromatic rings. The molecule has 0 atom stereocenters. The molecule has 1 heterocycles. The number of nitrogens with one attached hydrogen (secondary N) is 1. The molecule has 1 amide bonds. The van der Waals surface area contributed by atoms with Crippen LogP contribution in [-0.2, 0) is 4.74 Å². The Kier molecular flexibility index (Phi) is 5.28. The van der Waals surface area contributed by atoms with Gasteiger partial charge in [0.05, 0.1) is 35.8 Å². The summed E-state index contributed by atoms with van der Waals surface area (Å²) in [6.45, 7) is 3.66. The summed E-state index contributed by atoms with van der Waals surface area (Å²) in [5, 5.41) is 7.77. The third-order valence-corrected chi connectivity index (χ3v) is 4.48. The maximum absolute atomic E-state index is 12.7. The van der Waals surface area contributed by atoms with Crippen molar-refractivity contribution in [3.8, 4) is 5.69 Å². The van der Waals surface area contributed by atoms with Crippen LogP contribution >= 0.6 is 11.6 Å². The first kappa shape index (κ1) is 18.7. The average Bonchev–Trinajstić information content (AvgIpc) is 3.05. The van der Waals surface area contributed by atoms with E-state index in [1.54, 1.807) is 35.0 Å². The molecule has 0 unspecified atom stereocenters. The second kappa shape index (κ2) is 7.63. The standard InChI is InChI=1S/C20H18ClN3O3/c1-12-4-5-14(20(26)27-3)10-18(12)23-19(25)17-11-22-24(13(17)2)16-8-6-15(21)7-9-16/h4-11H,1-3H3,(H,23,25). The lowest BCUT2D eigenvalue weighted by atomic mass is 10.1. The Balaban J connectivity index is 1.87. The van der Waals surface area contributed by atoms with Gasteiger partial charge in [0, 0.05) is 10.7 Å². The highest BCUT2D eigenvalue weighted by Gasteiger charge is 2.17. The summed E-state index contributed by atoms with van der Waals surface area (Å²) >= 11 is 5.92. The number of carbonyl (C=O) groups is 2. The van der Waals surface area contributed by atoms with E-state index >= 15 is 0 Å². The van der Waals surface area contributed by atoms with Gasteiger partial charge in [-0.15, -0.1) is 0 Å². The predicted octanol–water partition coefficient (Wildman–Crippen LogP) is 4.18. The second-order valence-corrected chi connectivity index (χ2v) is 6.44. The largest absolute Gasteiger partial charge is 0.465 e. The highest BCUT2D eigenvalue weighted by Crippen LogP contribution is 2.21. The van der Waals surface area contributed by atoms with Gasteiger partial charge in [0.1, 0.15) is 0 Å². The zero-order chi connectivity index (χ0) is 19.6. The SMILES string of the molecule is COC(=O)c1ccc(C)c(NC(=O)c2cnn(-c3ccc(Cl)cc3)c2C)c1. The zero-order valence-corrected chi connectivity index (χ0v) is 15.9. The van der Waals surface area contributed by atoms with Gasteiger partial charge in [-0.3, -0.25) is 4.79 Å². The minimum Gasteiger partial charge on any atom is -0.465 e. The third-order valence-electron chi connectivity index (χ3n) is 4.23. The van der Waals surface area contributed by atoms with Crippen LogP contribution in [-0.4, -0.2) is 28.8 Å². The van der Waals surface area contributed by atoms with E-state index in [1.165, 1.54) is 13.3 Å². The first-order valence-corrected chi connectivity index (χ1v) is 8.59. The summed E-state index contributed by atoms with van der Waals surface area (Å²) in [6.07, 6.45) is 1.51. The average molecular weight is 384 g/mol. The molecule has 0 spiro atoms. The molecular formula is C20H18ClN3O3. The fraction of sp³-hybridized carbons (Fsp3) is 0.150. The molecule has 1 aromatic heterocycles. The van der Waals surface area contributed by atoms with E-state index < -0.39 is 5.97 Å². The van der Waals surface area contributed by atoms with Gasteiger partial charge in [-0.25, -0.2) is 9.48 Å². The number of carbonyl (C=O) groups excluding carboxylic acids is 2. The minimum atomic E-state index is -0.461. The molecule has 0 aliphatic rings. The summed E-state index contributed by atoms with van der Waals surface area (Å²) in [7, 11) is 1.31. The molecule has 0 bridgehead atoms. The molecule has 3 rings (SSSR count). The van der Waals surface area contributed by atoms with Crippen LogP contribution in [0.15, 0.2) is 48.7 Å². The van der Waals surface area contributed by atoms with E-state index in [0.717, 1.165) is 11.3 Å². The first-order chi connectivity index (χ1) is 12.9. The van der Waals surface area contributed by atoms with E-state index in [-0.39, 0.29) is 5.91 Å². The summed E-state index contributed by atoms with van der Waals surface area (Å²) in [6, 6.07) is 12.2. The monoisotopic (exact) mass is 383 g/mol. The van der Waals surface area contributed by atoms with Crippen molar-refractivity contribution >= 4 is 29.2 Å². The molecular weight excluding hydrogens is 366 g/mol. The van der Waals surface area contributed by atoms with Gasteiger partial charge in [-0.2, -0.15) is 5.10 Å². The Labute approximate surface area is 161 Å². The fourth-order valence-electron chi connectivity index (χ4n) is 2.67. The van der Waals surface area contributed by atoms with Crippen LogP contribution in [0.2, 0.25) is 5.02 Å². The van der Waals surface area contributed by atoms with Crippen LogP contribution in [0.25, 0.3) is 5.69 Å². The highest BCUT2D eigenvalue weighted by molar-refractivity contribution is 6.30. The van der Waals surface area contributed by atoms with Crippen molar-refractivity contribution in [1.29, 1.82) is 0 Å². The summed E-state index contributed by atoms with van der Waals surface area (Å²) < 4.78 is 6.40. The highest BCUT2D eigenvalue weighted by atomic mass is 35.5. The topological polar surface area (TPSA) is 73.2 Å². The zero-order valence-electron chi connectivity index (χ0n) is 15.1. The maximum atomic E-state index is 12.7. The van der Waals surface area contributed by atoms with Crippen molar-refractivity contribution in [3.63, 3.8) is 0 Å². The quantitative estimate of drug-likeness (QED) is 0.686. The van der Waals surface area contributed by atoms with Crippen LogP contribution in [0.4, 0.5) is 5.69 Å². The van der Waals surface area contributed by atoms with Crippen LogP contribution in [0, 0.1) is 13.8 Å². The van der Waals surface area contributed by atoms with E-state index in [1.807, 2.05) is 26.0 Å². The van der Waals surface area contributed by atoms with Gasteiger partial charge in [-0.1, -0.05) is 17.7 Å². The van der Waals surface area contributed by atoms with Crippen molar-refractivity contribution in [2.75, 3.05) is 12.4 Å². The molecule has 0 aliphatic carbocycles. The molecule has 0 radical (unpaired) electrons. The van der Waals surface area contributed by atoms with E-state index in [9.17, 15) is 9.59 Å². The van der Waals surface area contributed by atoms with Crippen molar-refractivity contribution in [2.24, 2.45) is 0 Å². The Morgan fingerprint density at radius 1 is 1.11 bits per heavy atom. The number of amides is 1. The second-order valence-electron chi connectivity index (χ2n) is 6.01. The molecule has 6 nitrogen and oxygen atoms in total. The van der Waals surface area contributed by atoms with Crippen LogP contribution < -0.4 is 5.32 Å². The molecule has 2 aromatic carbocycles. The number of nitrogens with zero attached hydrogens (tertiary/aromatic N) is 2. The van der Waals surface area contributed by atoms with Crippen molar-refractivity contribution in [1.82, 2.24) is 9.78 Å². The summed E-state index contributed by atoms with van der Waals surface area (Å²) in [5.74, 6) is -0.768. The maximum Gasteiger partial charge on any atom is 0.337 e. The number of methoxy groups -OCH3 is 1. The minimum absolute atomic E-state index is 0.308. The predicted molar refractivity (Wildman–Crippen MR) is 104 cm³/mol. The number of hydrogen-bond acceptors (Lipinski definition) is 4. The Hall–Kier alpha value is -3.12. The molecule has 7 heteroatoms. The molecule has 0 saturated carbocycles. The molecule has 138 valence electrons. The van der Waals surface area contributed by atoms with Gasteiger partial charge in [0.2, 0.25) is 0 Å². The Bertz CT molecular complexity index is 1010. The van der Waals surface area contributed by atoms with E-state index in [0.29, 0.717) is 27.5 Å². The molecule has 0 fully saturated rings. The molecule has 0 aliphatic heterocycles. The Morgan fingerprint density at radius 3 is 2.48 bits per heavy atom. The molecule has 1 N–H and O–H groups in total. The lowest BCUT2D eigenvalue weighted by molar-refractivity contribution is 0.0600. The first-order valence-electron chi connectivity index (χ1n) is 8.21. The number of rotatable bonds is 4. The Morgan fingerprint density at radius 2 is 1.81 bits per heavy atom. The van der Waals surface area contributed by atoms with Gasteiger partial charge in [0.15, 0.2) is 0 Å². The lowest BCUT2D eigenvalue weighted by Gasteiger charge is -2.10. The summed E-state index contributed by atoms with van der Waals surface area (Å²) in [5.41, 5.74) is 3.68. The van der Waals surface area contributed by atoms with E-state index in [2.05, 4.69) is 10.4 Å².